The molecule has 3 rings (SSSR count). The molecule has 1 aliphatic rings. The molecule has 0 aliphatic carbocycles. The molecule has 6 nitrogen and oxygen atoms in total. The monoisotopic (exact) mass is 352 g/mol. The van der Waals surface area contributed by atoms with Gasteiger partial charge in [-0.3, -0.25) is 0 Å². The Morgan fingerprint density at radius 1 is 1.30 bits per heavy atom. The number of rotatable bonds is 5. The lowest BCUT2D eigenvalue weighted by molar-refractivity contribution is 0.477. The Morgan fingerprint density at radius 3 is 2.61 bits per heavy atom. The number of nitrogens with zero attached hydrogens (tertiary/aromatic N) is 4. The van der Waals surface area contributed by atoms with Crippen LogP contribution in [0.3, 0.4) is 0 Å². The van der Waals surface area contributed by atoms with Gasteiger partial charge in [0.2, 0.25) is 10.0 Å². The average molecular weight is 352 g/mol. The summed E-state index contributed by atoms with van der Waals surface area (Å²) in [6.45, 7) is 3.83. The summed E-state index contributed by atoms with van der Waals surface area (Å²) in [7, 11) is -1.47. The van der Waals surface area contributed by atoms with Gasteiger partial charge in [0.05, 0.1) is 6.54 Å². The molecule has 1 saturated heterocycles. The number of sulfonamides is 1. The van der Waals surface area contributed by atoms with E-state index < -0.39 is 10.0 Å². The van der Waals surface area contributed by atoms with Crippen LogP contribution in [0, 0.1) is 6.92 Å². The van der Waals surface area contributed by atoms with Crippen LogP contribution in [0.25, 0.3) is 0 Å². The third-order valence-corrected chi connectivity index (χ3v) is 6.69. The van der Waals surface area contributed by atoms with E-state index in [1.807, 2.05) is 24.3 Å². The molecule has 1 aliphatic heterocycles. The molecule has 23 heavy (non-hydrogen) atoms. The third-order valence-electron chi connectivity index (χ3n) is 3.85. The first-order chi connectivity index (χ1) is 11.0. The first-order valence-electron chi connectivity index (χ1n) is 7.55. The molecule has 0 aromatic carbocycles. The topological polar surface area (TPSA) is 66.4 Å². The summed E-state index contributed by atoms with van der Waals surface area (Å²) in [6, 6.07) is 3.39. The molecule has 1 fully saturated rings. The lowest BCUT2D eigenvalue weighted by Gasteiger charge is -2.18. The summed E-state index contributed by atoms with van der Waals surface area (Å²) >= 11 is 1.61. The molecule has 0 unspecified atom stereocenters. The number of hydrogen-bond donors (Lipinski definition) is 0. The summed E-state index contributed by atoms with van der Waals surface area (Å²) in [6.07, 6.45) is 3.31. The van der Waals surface area contributed by atoms with E-state index in [1.54, 1.807) is 23.5 Å². The summed E-state index contributed by atoms with van der Waals surface area (Å²) < 4.78 is 26.5. The minimum Gasteiger partial charge on any atom is -0.353 e. The van der Waals surface area contributed by atoms with Gasteiger partial charge in [0.1, 0.15) is 15.7 Å². The first-order valence-corrected chi connectivity index (χ1v) is 9.87. The van der Waals surface area contributed by atoms with Crippen LogP contribution in [0.2, 0.25) is 0 Å². The van der Waals surface area contributed by atoms with Crippen LogP contribution in [0.1, 0.15) is 23.5 Å². The Morgan fingerprint density at radius 2 is 2.04 bits per heavy atom. The highest BCUT2D eigenvalue weighted by Crippen LogP contribution is 2.22. The lowest BCUT2D eigenvalue weighted by Crippen LogP contribution is -2.28. The van der Waals surface area contributed by atoms with Crippen molar-refractivity contribution in [1.29, 1.82) is 0 Å². The summed E-state index contributed by atoms with van der Waals surface area (Å²) in [5.41, 5.74) is 1.01. The maximum Gasteiger partial charge on any atom is 0.244 e. The second kappa shape index (κ2) is 6.54. The predicted molar refractivity (Wildman–Crippen MR) is 91.2 cm³/mol. The number of thiazole rings is 1. The maximum absolute atomic E-state index is 12.5. The molecular weight excluding hydrogens is 332 g/mol. The van der Waals surface area contributed by atoms with E-state index in [1.165, 1.54) is 10.5 Å². The van der Waals surface area contributed by atoms with Crippen LogP contribution in [0.15, 0.2) is 28.6 Å². The van der Waals surface area contributed by atoms with Gasteiger partial charge in [0.25, 0.3) is 0 Å². The van der Waals surface area contributed by atoms with Gasteiger partial charge in [-0.1, -0.05) is 0 Å². The third kappa shape index (κ3) is 3.54. The summed E-state index contributed by atoms with van der Waals surface area (Å²) in [5.74, 6) is 0.734. The van der Waals surface area contributed by atoms with Crippen LogP contribution < -0.4 is 4.90 Å². The van der Waals surface area contributed by atoms with Crippen LogP contribution in [0.4, 0.5) is 5.82 Å². The molecule has 0 saturated carbocycles. The Hall–Kier alpha value is -1.51. The van der Waals surface area contributed by atoms with Gasteiger partial charge in [-0.25, -0.2) is 18.4 Å². The molecule has 3 heterocycles. The average Bonchev–Trinajstić information content (AvgIpc) is 3.19. The fraction of sp³-hybridized carbons (Fsp3) is 0.467. The first kappa shape index (κ1) is 16.4. The lowest BCUT2D eigenvalue weighted by atomic mass is 10.4. The minimum atomic E-state index is -3.39. The van der Waals surface area contributed by atoms with E-state index in [0.29, 0.717) is 19.6 Å². The Kier molecular flexibility index (Phi) is 4.65. The SMILES string of the molecule is Cc1csc(CN(C)c2ccc(S(=O)(=O)N3CCCC3)cn2)n1. The van der Waals surface area contributed by atoms with E-state index >= 15 is 0 Å². The molecule has 0 N–H and O–H groups in total. The Labute approximate surface area is 140 Å². The number of aromatic nitrogens is 2. The molecule has 0 radical (unpaired) electrons. The van der Waals surface area contributed by atoms with E-state index in [-0.39, 0.29) is 4.90 Å². The molecule has 0 amide bonds. The molecule has 2 aromatic rings. The van der Waals surface area contributed by atoms with E-state index in [9.17, 15) is 8.42 Å². The van der Waals surface area contributed by atoms with Crippen LogP contribution in [-0.2, 0) is 16.6 Å². The zero-order chi connectivity index (χ0) is 16.4. The largest absolute Gasteiger partial charge is 0.353 e. The van der Waals surface area contributed by atoms with Crippen molar-refractivity contribution < 1.29 is 8.42 Å². The van der Waals surface area contributed by atoms with E-state index in [2.05, 4.69) is 9.97 Å². The quantitative estimate of drug-likeness (QED) is 0.826. The van der Waals surface area contributed by atoms with Crippen molar-refractivity contribution in [2.24, 2.45) is 0 Å². The number of anilines is 1. The second-order valence-electron chi connectivity index (χ2n) is 5.70. The smallest absolute Gasteiger partial charge is 0.244 e. The number of aryl methyl sites for hydroxylation is 1. The standard InChI is InChI=1S/C15H20N4O2S2/c1-12-11-22-15(17-12)10-18(2)14-6-5-13(9-16-14)23(20,21)19-7-3-4-8-19/h5-6,9,11H,3-4,7-8,10H2,1-2H3. The normalized spacial score (nSPS) is 15.9. The van der Waals surface area contributed by atoms with Crippen molar-refractivity contribution in [3.8, 4) is 0 Å². The molecule has 0 bridgehead atoms. The zero-order valence-electron chi connectivity index (χ0n) is 13.3. The maximum atomic E-state index is 12.5. The van der Waals surface area contributed by atoms with Crippen LogP contribution in [-0.4, -0.2) is 42.8 Å². The fourth-order valence-electron chi connectivity index (χ4n) is 2.59. The molecule has 2 aromatic heterocycles. The molecule has 0 spiro atoms. The number of pyridine rings is 1. The van der Waals surface area contributed by atoms with Gasteiger partial charge >= 0.3 is 0 Å². The number of hydrogen-bond acceptors (Lipinski definition) is 6. The Balaban J connectivity index is 1.73. The van der Waals surface area contributed by atoms with Gasteiger partial charge in [-0.2, -0.15) is 4.31 Å². The summed E-state index contributed by atoms with van der Waals surface area (Å²) in [4.78, 5) is 11.0. The van der Waals surface area contributed by atoms with Crippen molar-refractivity contribution in [2.75, 3.05) is 25.0 Å². The second-order valence-corrected chi connectivity index (χ2v) is 8.58. The zero-order valence-corrected chi connectivity index (χ0v) is 14.9. The molecule has 0 atom stereocenters. The van der Waals surface area contributed by atoms with Crippen molar-refractivity contribution in [3.05, 3.63) is 34.4 Å². The molecule has 8 heteroatoms. The fourth-order valence-corrected chi connectivity index (χ4v) is 4.87. The van der Waals surface area contributed by atoms with E-state index in [0.717, 1.165) is 29.4 Å². The summed E-state index contributed by atoms with van der Waals surface area (Å²) in [5, 5.41) is 3.03. The Bertz CT molecular complexity index is 765. The molecule has 124 valence electrons. The molecular formula is C15H20N4O2S2. The van der Waals surface area contributed by atoms with Crippen molar-refractivity contribution in [1.82, 2.24) is 14.3 Å². The highest BCUT2D eigenvalue weighted by atomic mass is 32.2. The highest BCUT2D eigenvalue weighted by molar-refractivity contribution is 7.89. The van der Waals surface area contributed by atoms with E-state index in [4.69, 9.17) is 0 Å². The van der Waals surface area contributed by atoms with Crippen molar-refractivity contribution in [2.45, 2.75) is 31.2 Å². The van der Waals surface area contributed by atoms with Gasteiger partial charge in [-0.15, -0.1) is 11.3 Å². The van der Waals surface area contributed by atoms with Crippen molar-refractivity contribution in [3.63, 3.8) is 0 Å². The van der Waals surface area contributed by atoms with Crippen LogP contribution >= 0.6 is 11.3 Å². The van der Waals surface area contributed by atoms with Crippen molar-refractivity contribution >= 4 is 27.2 Å². The highest BCUT2D eigenvalue weighted by Gasteiger charge is 2.27. The van der Waals surface area contributed by atoms with Gasteiger partial charge < -0.3 is 4.90 Å². The van der Waals surface area contributed by atoms with Gasteiger partial charge in [0.15, 0.2) is 0 Å². The van der Waals surface area contributed by atoms with Crippen LogP contribution in [0.5, 0.6) is 0 Å². The minimum absolute atomic E-state index is 0.265. The predicted octanol–water partition coefficient (Wildman–Crippen LogP) is 2.27. The van der Waals surface area contributed by atoms with Gasteiger partial charge in [0, 0.05) is 37.4 Å². The van der Waals surface area contributed by atoms with Gasteiger partial charge in [-0.05, 0) is 31.9 Å².